The van der Waals surface area contributed by atoms with Gasteiger partial charge < -0.3 is 14.4 Å². The highest BCUT2D eigenvalue weighted by molar-refractivity contribution is 6.30. The molecule has 0 radical (unpaired) electrons. The molecule has 1 spiro atoms. The van der Waals surface area contributed by atoms with Crippen molar-refractivity contribution in [3.8, 4) is 0 Å². The first-order chi connectivity index (χ1) is 14.6. The lowest BCUT2D eigenvalue weighted by atomic mass is 10.1. The molecule has 0 bridgehead atoms. The second kappa shape index (κ2) is 7.85. The average molecular weight is 428 g/mol. The van der Waals surface area contributed by atoms with Crippen LogP contribution >= 0.6 is 11.6 Å². The van der Waals surface area contributed by atoms with Crippen LogP contribution in [-0.4, -0.2) is 56.4 Å². The molecule has 2 fully saturated rings. The average Bonchev–Trinajstić information content (AvgIpc) is 2.97. The van der Waals surface area contributed by atoms with Gasteiger partial charge in [0.1, 0.15) is 0 Å². The van der Waals surface area contributed by atoms with Crippen molar-refractivity contribution in [3.63, 3.8) is 0 Å². The molecule has 7 heteroatoms. The van der Waals surface area contributed by atoms with E-state index in [0.717, 1.165) is 54.6 Å². The third kappa shape index (κ3) is 3.38. The minimum Gasteiger partial charge on any atom is -0.369 e. The van der Waals surface area contributed by atoms with Gasteiger partial charge in [-0.15, -0.1) is 0 Å². The molecule has 3 aliphatic rings. The molecule has 0 unspecified atom stereocenters. The first-order valence-electron chi connectivity index (χ1n) is 10.5. The van der Waals surface area contributed by atoms with Gasteiger partial charge >= 0.3 is 0 Å². The molecule has 0 aliphatic carbocycles. The second-order valence-electron chi connectivity index (χ2n) is 8.16. The summed E-state index contributed by atoms with van der Waals surface area (Å²) in [5, 5.41) is 0.751. The highest BCUT2D eigenvalue weighted by atomic mass is 35.5. The number of fused-ring (bicyclic) bond motifs is 2. The number of benzene rings is 2. The number of piperazine rings is 1. The van der Waals surface area contributed by atoms with E-state index in [9.17, 15) is 4.79 Å². The van der Waals surface area contributed by atoms with Gasteiger partial charge in [0.2, 0.25) is 0 Å². The number of hydrogen-bond donors (Lipinski definition) is 0. The van der Waals surface area contributed by atoms with Crippen LogP contribution in [0, 0.1) is 0 Å². The van der Waals surface area contributed by atoms with E-state index in [1.165, 1.54) is 0 Å². The minimum atomic E-state index is -1.29. The predicted molar refractivity (Wildman–Crippen MR) is 117 cm³/mol. The van der Waals surface area contributed by atoms with E-state index in [-0.39, 0.29) is 12.0 Å². The smallest absolute Gasteiger partial charge is 0.293 e. The van der Waals surface area contributed by atoms with Crippen LogP contribution in [0.2, 0.25) is 5.02 Å². The lowest BCUT2D eigenvalue weighted by Gasteiger charge is -2.39. The van der Waals surface area contributed by atoms with E-state index in [1.54, 1.807) is 0 Å². The minimum absolute atomic E-state index is 0.0167. The molecule has 2 aromatic rings. The quantitative estimate of drug-likeness (QED) is 0.750. The number of para-hydroxylation sites is 1. The third-order valence-corrected chi connectivity index (χ3v) is 6.40. The summed E-state index contributed by atoms with van der Waals surface area (Å²) in [6.45, 7) is 6.55. The zero-order valence-electron chi connectivity index (χ0n) is 17.1. The summed E-state index contributed by atoms with van der Waals surface area (Å²) in [6.07, 6.45) is 0.778. The monoisotopic (exact) mass is 427 g/mol. The van der Waals surface area contributed by atoms with Crippen molar-refractivity contribution in [1.82, 2.24) is 4.90 Å². The molecule has 2 atom stereocenters. The molecule has 30 heavy (non-hydrogen) atoms. The van der Waals surface area contributed by atoms with Crippen LogP contribution in [0.25, 0.3) is 0 Å². The summed E-state index contributed by atoms with van der Waals surface area (Å²) in [5.41, 5.74) is 2.84. The number of amides is 1. The molecule has 158 valence electrons. The van der Waals surface area contributed by atoms with E-state index in [0.29, 0.717) is 13.3 Å². The molecule has 0 aromatic heterocycles. The van der Waals surface area contributed by atoms with Crippen molar-refractivity contribution < 1.29 is 14.3 Å². The maximum absolute atomic E-state index is 13.5. The maximum atomic E-state index is 13.5. The van der Waals surface area contributed by atoms with Gasteiger partial charge in [-0.2, -0.15) is 0 Å². The molecular weight excluding hydrogens is 402 g/mol. The Morgan fingerprint density at radius 2 is 1.90 bits per heavy atom. The summed E-state index contributed by atoms with van der Waals surface area (Å²) in [4.78, 5) is 20.0. The van der Waals surface area contributed by atoms with E-state index in [1.807, 2.05) is 54.3 Å². The van der Waals surface area contributed by atoms with Crippen LogP contribution in [0.3, 0.4) is 0 Å². The fourth-order valence-electron chi connectivity index (χ4n) is 4.55. The molecular formula is C23H26ClN3O3. The first-order valence-corrected chi connectivity index (χ1v) is 10.9. The SMILES string of the molecule is C[C@@H]1CCO[C@]2(O1)C(=O)N(CN1CCN(c3cccc(Cl)c3)CC1)c1ccccc12. The van der Waals surface area contributed by atoms with Crippen molar-refractivity contribution in [2.75, 3.05) is 49.3 Å². The molecule has 1 amide bonds. The Hall–Kier alpha value is -2.12. The van der Waals surface area contributed by atoms with E-state index >= 15 is 0 Å². The van der Waals surface area contributed by atoms with Crippen LogP contribution in [-0.2, 0) is 20.1 Å². The maximum Gasteiger partial charge on any atom is 0.293 e. The second-order valence-corrected chi connectivity index (χ2v) is 8.60. The van der Waals surface area contributed by atoms with Gasteiger partial charge in [-0.1, -0.05) is 35.9 Å². The van der Waals surface area contributed by atoms with Gasteiger partial charge in [0.15, 0.2) is 0 Å². The molecule has 2 saturated heterocycles. The Balaban J connectivity index is 1.32. The zero-order chi connectivity index (χ0) is 20.7. The normalized spacial score (nSPS) is 27.0. The van der Waals surface area contributed by atoms with Gasteiger partial charge in [0, 0.05) is 42.5 Å². The van der Waals surface area contributed by atoms with Crippen LogP contribution in [0.5, 0.6) is 0 Å². The Morgan fingerprint density at radius 1 is 1.10 bits per heavy atom. The van der Waals surface area contributed by atoms with Gasteiger partial charge in [-0.05, 0) is 37.6 Å². The van der Waals surface area contributed by atoms with Crippen LogP contribution in [0.4, 0.5) is 11.4 Å². The number of hydrogen-bond acceptors (Lipinski definition) is 5. The standard InChI is InChI=1S/C23H26ClN3O3/c1-17-9-14-29-23(30-17)20-7-2-3-8-21(20)27(22(23)28)16-25-10-12-26(13-11-25)19-6-4-5-18(24)15-19/h2-8,15,17H,9-14,16H2,1H3/t17-,23-/m1/s1. The number of nitrogens with zero attached hydrogens (tertiary/aromatic N) is 3. The summed E-state index contributed by atoms with van der Waals surface area (Å²) in [6, 6.07) is 15.8. The van der Waals surface area contributed by atoms with E-state index in [2.05, 4.69) is 15.9 Å². The van der Waals surface area contributed by atoms with E-state index in [4.69, 9.17) is 21.1 Å². The van der Waals surface area contributed by atoms with Crippen molar-refractivity contribution in [1.29, 1.82) is 0 Å². The predicted octanol–water partition coefficient (Wildman–Crippen LogP) is 3.44. The van der Waals surface area contributed by atoms with Crippen LogP contribution < -0.4 is 9.80 Å². The van der Waals surface area contributed by atoms with Gasteiger partial charge in [-0.3, -0.25) is 14.6 Å². The number of carbonyl (C=O) groups is 1. The van der Waals surface area contributed by atoms with Gasteiger partial charge in [0.05, 0.1) is 25.1 Å². The fraction of sp³-hybridized carbons (Fsp3) is 0.435. The van der Waals surface area contributed by atoms with Crippen LogP contribution in [0.15, 0.2) is 48.5 Å². The number of carbonyl (C=O) groups excluding carboxylic acids is 1. The molecule has 6 nitrogen and oxygen atoms in total. The number of ether oxygens (including phenoxy) is 2. The highest BCUT2D eigenvalue weighted by Gasteiger charge is 2.56. The van der Waals surface area contributed by atoms with Crippen molar-refractivity contribution in [3.05, 3.63) is 59.1 Å². The number of halogens is 1. The summed E-state index contributed by atoms with van der Waals surface area (Å²) >= 11 is 6.15. The molecule has 3 heterocycles. The number of anilines is 2. The fourth-order valence-corrected chi connectivity index (χ4v) is 4.73. The van der Waals surface area contributed by atoms with Crippen molar-refractivity contribution in [2.24, 2.45) is 0 Å². The summed E-state index contributed by atoms with van der Waals surface area (Å²) < 4.78 is 12.1. The Labute approximate surface area is 181 Å². The number of rotatable bonds is 3. The lowest BCUT2D eigenvalue weighted by molar-refractivity contribution is -0.277. The molecule has 0 saturated carbocycles. The van der Waals surface area contributed by atoms with Crippen molar-refractivity contribution >= 4 is 28.9 Å². The Bertz CT molecular complexity index is 947. The molecule has 3 aliphatic heterocycles. The van der Waals surface area contributed by atoms with E-state index < -0.39 is 5.79 Å². The Morgan fingerprint density at radius 3 is 2.67 bits per heavy atom. The topological polar surface area (TPSA) is 45.3 Å². The molecule has 2 aromatic carbocycles. The molecule has 0 N–H and O–H groups in total. The zero-order valence-corrected chi connectivity index (χ0v) is 17.8. The van der Waals surface area contributed by atoms with Gasteiger partial charge in [-0.25, -0.2) is 0 Å². The van der Waals surface area contributed by atoms with Crippen molar-refractivity contribution in [2.45, 2.75) is 25.2 Å². The largest absolute Gasteiger partial charge is 0.369 e. The molecule has 5 rings (SSSR count). The lowest BCUT2D eigenvalue weighted by Crippen LogP contribution is -2.54. The first kappa shape index (κ1) is 19.8. The highest BCUT2D eigenvalue weighted by Crippen LogP contribution is 2.46. The summed E-state index contributed by atoms with van der Waals surface area (Å²) in [5.74, 6) is -1.41. The van der Waals surface area contributed by atoms with Crippen LogP contribution in [0.1, 0.15) is 18.9 Å². The van der Waals surface area contributed by atoms with Gasteiger partial charge in [0.25, 0.3) is 11.7 Å². The Kier molecular flexibility index (Phi) is 5.19. The third-order valence-electron chi connectivity index (χ3n) is 6.16. The summed E-state index contributed by atoms with van der Waals surface area (Å²) in [7, 11) is 0.